The van der Waals surface area contributed by atoms with Crippen molar-refractivity contribution in [2.24, 2.45) is 5.84 Å². The topological polar surface area (TPSA) is 90.0 Å². The van der Waals surface area contributed by atoms with Crippen LogP contribution in [-0.2, 0) is 16.4 Å². The minimum atomic E-state index is -3.22. The maximum absolute atomic E-state index is 11.6. The molecule has 0 aromatic carbocycles. The molecule has 0 spiro atoms. The SMILES string of the molecule is CCn1ncc(Cl)c1C(NN)C(C)S(C)(=O)=O. The van der Waals surface area contributed by atoms with Crippen LogP contribution in [0.25, 0.3) is 0 Å². The molecular weight excluding hydrogens is 264 g/mol. The summed E-state index contributed by atoms with van der Waals surface area (Å²) in [5.41, 5.74) is 3.09. The van der Waals surface area contributed by atoms with Crippen molar-refractivity contribution in [3.05, 3.63) is 16.9 Å². The Kier molecular flexibility index (Phi) is 4.54. The molecule has 1 aromatic rings. The standard InChI is InChI=1S/C9H17ClN4O2S/c1-4-14-9(7(10)5-12-14)8(13-11)6(2)17(3,15)16/h5-6,8,13H,4,11H2,1-3H3. The highest BCUT2D eigenvalue weighted by Crippen LogP contribution is 2.27. The molecule has 0 fully saturated rings. The molecule has 6 nitrogen and oxygen atoms in total. The highest BCUT2D eigenvalue weighted by atomic mass is 35.5. The third-order valence-electron chi connectivity index (χ3n) is 2.75. The lowest BCUT2D eigenvalue weighted by Gasteiger charge is -2.23. The number of sulfone groups is 1. The van der Waals surface area contributed by atoms with E-state index < -0.39 is 21.1 Å². The number of aromatic nitrogens is 2. The van der Waals surface area contributed by atoms with Gasteiger partial charge in [-0.15, -0.1) is 0 Å². The number of nitrogens with one attached hydrogen (secondary N) is 1. The number of nitrogens with zero attached hydrogens (tertiary/aromatic N) is 2. The summed E-state index contributed by atoms with van der Waals surface area (Å²) in [6, 6.07) is -0.583. The highest BCUT2D eigenvalue weighted by molar-refractivity contribution is 7.91. The Hall–Kier alpha value is -0.630. The Bertz CT molecular complexity index is 485. The van der Waals surface area contributed by atoms with Crippen LogP contribution < -0.4 is 11.3 Å². The molecule has 3 N–H and O–H groups in total. The number of rotatable bonds is 5. The van der Waals surface area contributed by atoms with E-state index in [1.54, 1.807) is 11.6 Å². The van der Waals surface area contributed by atoms with Gasteiger partial charge in [-0.3, -0.25) is 16.0 Å². The fraction of sp³-hybridized carbons (Fsp3) is 0.667. The summed E-state index contributed by atoms with van der Waals surface area (Å²) in [4.78, 5) is 0. The molecule has 0 radical (unpaired) electrons. The second-order valence-electron chi connectivity index (χ2n) is 3.87. The van der Waals surface area contributed by atoms with Crippen LogP contribution in [0.3, 0.4) is 0 Å². The second kappa shape index (κ2) is 5.34. The molecule has 0 bridgehead atoms. The molecule has 1 aromatic heterocycles. The number of halogens is 1. The van der Waals surface area contributed by atoms with Gasteiger partial charge in [0.15, 0.2) is 9.84 Å². The zero-order valence-corrected chi connectivity index (χ0v) is 11.6. The van der Waals surface area contributed by atoms with Crippen molar-refractivity contribution >= 4 is 21.4 Å². The van der Waals surface area contributed by atoms with Gasteiger partial charge in [0.1, 0.15) is 0 Å². The number of hydrazine groups is 1. The molecule has 0 aliphatic rings. The molecule has 1 rings (SSSR count). The van der Waals surface area contributed by atoms with Crippen molar-refractivity contribution in [3.8, 4) is 0 Å². The van der Waals surface area contributed by atoms with Crippen LogP contribution in [0.5, 0.6) is 0 Å². The summed E-state index contributed by atoms with van der Waals surface area (Å²) >= 11 is 6.02. The van der Waals surface area contributed by atoms with Crippen molar-refractivity contribution in [2.75, 3.05) is 6.26 Å². The predicted octanol–water partition coefficient (Wildman–Crippen LogP) is 0.494. The largest absolute Gasteiger partial charge is 0.271 e. The molecule has 17 heavy (non-hydrogen) atoms. The van der Waals surface area contributed by atoms with Gasteiger partial charge in [0.2, 0.25) is 0 Å². The molecular formula is C9H17ClN4O2S. The monoisotopic (exact) mass is 280 g/mol. The van der Waals surface area contributed by atoms with Crippen molar-refractivity contribution in [1.29, 1.82) is 0 Å². The third-order valence-corrected chi connectivity index (χ3v) is 4.67. The fourth-order valence-electron chi connectivity index (χ4n) is 1.62. The Morgan fingerprint density at radius 3 is 2.65 bits per heavy atom. The first-order valence-corrected chi connectivity index (χ1v) is 7.52. The van der Waals surface area contributed by atoms with Gasteiger partial charge in [-0.25, -0.2) is 8.42 Å². The molecule has 2 unspecified atom stereocenters. The zero-order valence-electron chi connectivity index (χ0n) is 10.0. The van der Waals surface area contributed by atoms with Crippen LogP contribution in [0, 0.1) is 0 Å². The highest BCUT2D eigenvalue weighted by Gasteiger charge is 2.30. The minimum Gasteiger partial charge on any atom is -0.271 e. The van der Waals surface area contributed by atoms with E-state index in [9.17, 15) is 8.42 Å². The summed E-state index contributed by atoms with van der Waals surface area (Å²) < 4.78 is 24.8. The lowest BCUT2D eigenvalue weighted by Crippen LogP contribution is -2.40. The van der Waals surface area contributed by atoms with E-state index in [2.05, 4.69) is 10.5 Å². The van der Waals surface area contributed by atoms with Gasteiger partial charge < -0.3 is 0 Å². The van der Waals surface area contributed by atoms with Crippen molar-refractivity contribution in [2.45, 2.75) is 31.7 Å². The molecule has 0 aliphatic carbocycles. The fourth-order valence-corrected chi connectivity index (χ4v) is 2.58. The van der Waals surface area contributed by atoms with Gasteiger partial charge in [0.05, 0.1) is 28.2 Å². The van der Waals surface area contributed by atoms with Crippen LogP contribution >= 0.6 is 11.6 Å². The zero-order chi connectivity index (χ0) is 13.2. The molecule has 1 heterocycles. The number of hydrogen-bond donors (Lipinski definition) is 2. The van der Waals surface area contributed by atoms with Gasteiger partial charge in [-0.05, 0) is 13.8 Å². The van der Waals surface area contributed by atoms with Crippen LogP contribution in [-0.4, -0.2) is 29.7 Å². The Morgan fingerprint density at radius 2 is 2.24 bits per heavy atom. The van der Waals surface area contributed by atoms with Crippen LogP contribution in [0.2, 0.25) is 5.02 Å². The van der Waals surface area contributed by atoms with E-state index in [-0.39, 0.29) is 0 Å². The van der Waals surface area contributed by atoms with E-state index >= 15 is 0 Å². The summed E-state index contributed by atoms with van der Waals surface area (Å²) in [5, 5.41) is 3.78. The average molecular weight is 281 g/mol. The smallest absolute Gasteiger partial charge is 0.152 e. The van der Waals surface area contributed by atoms with Crippen LogP contribution in [0.4, 0.5) is 0 Å². The van der Waals surface area contributed by atoms with Gasteiger partial charge in [-0.2, -0.15) is 5.10 Å². The van der Waals surface area contributed by atoms with E-state index in [0.29, 0.717) is 17.3 Å². The van der Waals surface area contributed by atoms with Crippen molar-refractivity contribution in [1.82, 2.24) is 15.2 Å². The van der Waals surface area contributed by atoms with Crippen molar-refractivity contribution < 1.29 is 8.42 Å². The molecule has 0 saturated heterocycles. The Morgan fingerprint density at radius 1 is 1.65 bits per heavy atom. The van der Waals surface area contributed by atoms with E-state index in [1.165, 1.54) is 12.5 Å². The lowest BCUT2D eigenvalue weighted by molar-refractivity contribution is 0.472. The summed E-state index contributed by atoms with van der Waals surface area (Å²) in [6.07, 6.45) is 2.66. The summed E-state index contributed by atoms with van der Waals surface area (Å²) in [7, 11) is -3.22. The van der Waals surface area contributed by atoms with Gasteiger partial charge >= 0.3 is 0 Å². The molecule has 0 saturated carbocycles. The number of nitrogens with two attached hydrogens (primary N) is 1. The normalized spacial score (nSPS) is 15.8. The van der Waals surface area contributed by atoms with E-state index in [4.69, 9.17) is 17.4 Å². The van der Waals surface area contributed by atoms with Gasteiger partial charge in [0, 0.05) is 12.8 Å². The third kappa shape index (κ3) is 2.98. The maximum atomic E-state index is 11.6. The van der Waals surface area contributed by atoms with Gasteiger partial charge in [0.25, 0.3) is 0 Å². The maximum Gasteiger partial charge on any atom is 0.152 e. The van der Waals surface area contributed by atoms with E-state index in [0.717, 1.165) is 0 Å². The number of aryl methyl sites for hydroxylation is 1. The first kappa shape index (κ1) is 14.4. The first-order chi connectivity index (χ1) is 7.82. The summed E-state index contributed by atoms with van der Waals surface area (Å²) in [6.45, 7) is 4.07. The minimum absolute atomic E-state index is 0.408. The van der Waals surface area contributed by atoms with Crippen LogP contribution in [0.15, 0.2) is 6.20 Å². The van der Waals surface area contributed by atoms with Gasteiger partial charge in [-0.1, -0.05) is 11.6 Å². The molecule has 0 aliphatic heterocycles. The molecule has 98 valence electrons. The second-order valence-corrected chi connectivity index (χ2v) is 6.68. The Balaban J connectivity index is 3.22. The first-order valence-electron chi connectivity index (χ1n) is 5.19. The van der Waals surface area contributed by atoms with Crippen molar-refractivity contribution in [3.63, 3.8) is 0 Å². The lowest BCUT2D eigenvalue weighted by atomic mass is 10.1. The quantitative estimate of drug-likeness (QED) is 0.605. The van der Waals surface area contributed by atoms with Crippen LogP contribution in [0.1, 0.15) is 25.6 Å². The molecule has 8 heteroatoms. The molecule has 0 amide bonds. The number of hydrogen-bond acceptors (Lipinski definition) is 5. The van der Waals surface area contributed by atoms with E-state index in [1.807, 2.05) is 6.92 Å². The molecule has 2 atom stereocenters. The summed E-state index contributed by atoms with van der Waals surface area (Å²) in [5.74, 6) is 5.44. The average Bonchev–Trinajstić information content (AvgIpc) is 2.60. The predicted molar refractivity (Wildman–Crippen MR) is 67.3 cm³/mol. The Labute approximate surface area is 106 Å².